The van der Waals surface area contributed by atoms with Crippen LogP contribution in [0.4, 0.5) is 5.69 Å². The van der Waals surface area contributed by atoms with E-state index in [1.54, 1.807) is 10.8 Å². The summed E-state index contributed by atoms with van der Waals surface area (Å²) in [5.41, 5.74) is 4.89. The van der Waals surface area contributed by atoms with Crippen molar-refractivity contribution >= 4 is 11.3 Å². The minimum atomic E-state index is -0.0642. The normalized spacial score (nSPS) is 11.3. The number of H-pyrrole nitrogens is 1. The van der Waals surface area contributed by atoms with Crippen molar-refractivity contribution in [3.8, 4) is 0 Å². The molecule has 3 aromatic heterocycles. The summed E-state index contributed by atoms with van der Waals surface area (Å²) >= 11 is 0. The Balaban J connectivity index is 1.96. The molecule has 0 aliphatic rings. The topological polar surface area (TPSA) is 88.0 Å². The maximum atomic E-state index is 12.1. The molecule has 0 aliphatic carbocycles. The van der Waals surface area contributed by atoms with E-state index < -0.39 is 0 Å². The second-order valence-electron chi connectivity index (χ2n) is 6.03. The molecule has 0 saturated heterocycles. The molecule has 7 nitrogen and oxygen atoms in total. The Bertz CT molecular complexity index is 909. The number of aromatic nitrogens is 5. The van der Waals surface area contributed by atoms with Crippen molar-refractivity contribution in [2.75, 3.05) is 5.32 Å². The zero-order valence-electron chi connectivity index (χ0n) is 13.7. The molecule has 0 unspecified atom stereocenters. The number of nitrogens with zero attached hydrogens (tertiary/aromatic N) is 4. The largest absolute Gasteiger partial charge is 0.378 e. The zero-order valence-corrected chi connectivity index (χ0v) is 13.7. The van der Waals surface area contributed by atoms with E-state index in [-0.39, 0.29) is 11.5 Å². The standard InChI is InChI=1S/C16H20N6O/c1-9(2)13-6-14(15-20-18-8-22(15)21-13)17-7-12-10(3)5-11(4)19-16(12)23/h5-6,8-9,17H,7H2,1-4H3,(H,19,23). The van der Waals surface area contributed by atoms with Gasteiger partial charge in [0.05, 0.1) is 11.4 Å². The lowest BCUT2D eigenvalue weighted by atomic mass is 10.1. The van der Waals surface area contributed by atoms with E-state index in [0.29, 0.717) is 12.2 Å². The fourth-order valence-corrected chi connectivity index (χ4v) is 2.54. The zero-order chi connectivity index (χ0) is 16.6. The van der Waals surface area contributed by atoms with Gasteiger partial charge in [0.25, 0.3) is 5.56 Å². The molecule has 0 aromatic carbocycles. The molecular formula is C16H20N6O. The first-order valence-electron chi connectivity index (χ1n) is 7.60. The van der Waals surface area contributed by atoms with Gasteiger partial charge >= 0.3 is 0 Å². The lowest BCUT2D eigenvalue weighted by Gasteiger charge is -2.12. The van der Waals surface area contributed by atoms with Gasteiger partial charge in [0.15, 0.2) is 0 Å². The van der Waals surface area contributed by atoms with Crippen LogP contribution in [0.25, 0.3) is 5.65 Å². The Morgan fingerprint density at radius 3 is 2.78 bits per heavy atom. The van der Waals surface area contributed by atoms with Crippen LogP contribution >= 0.6 is 0 Å². The lowest BCUT2D eigenvalue weighted by Crippen LogP contribution is -2.19. The Kier molecular flexibility index (Phi) is 3.85. The first-order chi connectivity index (χ1) is 11.0. The summed E-state index contributed by atoms with van der Waals surface area (Å²) in [5, 5.41) is 15.8. The van der Waals surface area contributed by atoms with E-state index in [1.165, 1.54) is 0 Å². The van der Waals surface area contributed by atoms with Gasteiger partial charge in [0.2, 0.25) is 5.65 Å². The smallest absolute Gasteiger partial charge is 0.253 e. The SMILES string of the molecule is Cc1cc(C)c(CNc2cc(C(C)C)nn3cnnc23)c(=O)[nH]1. The Morgan fingerprint density at radius 2 is 2.09 bits per heavy atom. The number of anilines is 1. The molecule has 3 aromatic rings. The quantitative estimate of drug-likeness (QED) is 0.771. The number of hydrogen-bond donors (Lipinski definition) is 2. The third kappa shape index (κ3) is 2.94. The summed E-state index contributed by atoms with van der Waals surface area (Å²) in [5.74, 6) is 0.284. The summed E-state index contributed by atoms with van der Waals surface area (Å²) in [4.78, 5) is 15.0. The minimum Gasteiger partial charge on any atom is -0.378 e. The summed E-state index contributed by atoms with van der Waals surface area (Å²) in [6, 6.07) is 3.93. The number of hydrogen-bond acceptors (Lipinski definition) is 5. The molecule has 0 spiro atoms. The number of pyridine rings is 1. The van der Waals surface area contributed by atoms with Crippen molar-refractivity contribution < 1.29 is 0 Å². The van der Waals surface area contributed by atoms with Crippen LogP contribution in [0, 0.1) is 13.8 Å². The average Bonchev–Trinajstić information content (AvgIpc) is 2.94. The van der Waals surface area contributed by atoms with Crippen LogP contribution in [0.5, 0.6) is 0 Å². The van der Waals surface area contributed by atoms with Crippen LogP contribution in [0.15, 0.2) is 23.3 Å². The van der Waals surface area contributed by atoms with E-state index in [2.05, 4.69) is 39.4 Å². The van der Waals surface area contributed by atoms with Gasteiger partial charge in [0, 0.05) is 17.8 Å². The van der Waals surface area contributed by atoms with Gasteiger partial charge < -0.3 is 10.3 Å². The summed E-state index contributed by atoms with van der Waals surface area (Å²) < 4.78 is 1.66. The second-order valence-corrected chi connectivity index (χ2v) is 6.03. The first-order valence-corrected chi connectivity index (χ1v) is 7.60. The highest BCUT2D eigenvalue weighted by molar-refractivity contribution is 5.66. The third-order valence-electron chi connectivity index (χ3n) is 3.83. The van der Waals surface area contributed by atoms with Gasteiger partial charge in [-0.3, -0.25) is 4.79 Å². The molecule has 0 atom stereocenters. The molecule has 0 radical (unpaired) electrons. The fourth-order valence-electron chi connectivity index (χ4n) is 2.54. The number of rotatable bonds is 4. The van der Waals surface area contributed by atoms with Gasteiger partial charge in [0.1, 0.15) is 6.33 Å². The van der Waals surface area contributed by atoms with E-state index in [1.807, 2.05) is 26.0 Å². The minimum absolute atomic E-state index is 0.0642. The monoisotopic (exact) mass is 312 g/mol. The highest BCUT2D eigenvalue weighted by Crippen LogP contribution is 2.20. The van der Waals surface area contributed by atoms with Gasteiger partial charge in [-0.2, -0.15) is 9.61 Å². The van der Waals surface area contributed by atoms with Crippen molar-refractivity contribution in [3.05, 3.63) is 51.3 Å². The van der Waals surface area contributed by atoms with Crippen LogP contribution in [-0.4, -0.2) is 24.8 Å². The molecule has 3 rings (SSSR count). The summed E-state index contributed by atoms with van der Waals surface area (Å²) in [6.45, 7) is 8.40. The Morgan fingerprint density at radius 1 is 1.30 bits per heavy atom. The van der Waals surface area contributed by atoms with E-state index >= 15 is 0 Å². The molecule has 7 heteroatoms. The number of fused-ring (bicyclic) bond motifs is 1. The predicted octanol–water partition coefficient (Wildman–Crippen LogP) is 2.16. The lowest BCUT2D eigenvalue weighted by molar-refractivity contribution is 0.762. The highest BCUT2D eigenvalue weighted by Gasteiger charge is 2.12. The van der Waals surface area contributed by atoms with Crippen molar-refractivity contribution in [2.24, 2.45) is 0 Å². The molecule has 0 saturated carbocycles. The van der Waals surface area contributed by atoms with Crippen LogP contribution in [-0.2, 0) is 6.54 Å². The second kappa shape index (κ2) is 5.83. The van der Waals surface area contributed by atoms with Crippen LogP contribution in [0.1, 0.15) is 42.3 Å². The van der Waals surface area contributed by atoms with Gasteiger partial charge in [-0.05, 0) is 37.5 Å². The summed E-state index contributed by atoms with van der Waals surface area (Å²) in [7, 11) is 0. The fraction of sp³-hybridized carbons (Fsp3) is 0.375. The van der Waals surface area contributed by atoms with Crippen LogP contribution in [0.2, 0.25) is 0 Å². The number of nitrogens with one attached hydrogen (secondary N) is 2. The third-order valence-corrected chi connectivity index (χ3v) is 3.83. The van der Waals surface area contributed by atoms with Crippen LogP contribution < -0.4 is 10.9 Å². The van der Waals surface area contributed by atoms with Crippen molar-refractivity contribution in [1.29, 1.82) is 0 Å². The molecule has 0 bridgehead atoms. The van der Waals surface area contributed by atoms with Crippen LogP contribution in [0.3, 0.4) is 0 Å². The molecule has 0 amide bonds. The predicted molar refractivity (Wildman–Crippen MR) is 88.7 cm³/mol. The van der Waals surface area contributed by atoms with E-state index in [0.717, 1.165) is 28.2 Å². The van der Waals surface area contributed by atoms with Gasteiger partial charge in [-0.15, -0.1) is 10.2 Å². The highest BCUT2D eigenvalue weighted by atomic mass is 16.1. The van der Waals surface area contributed by atoms with Crippen molar-refractivity contribution in [2.45, 2.75) is 40.2 Å². The molecule has 3 heterocycles. The molecule has 2 N–H and O–H groups in total. The average molecular weight is 312 g/mol. The summed E-state index contributed by atoms with van der Waals surface area (Å²) in [6.07, 6.45) is 1.58. The van der Waals surface area contributed by atoms with Crippen molar-refractivity contribution in [1.82, 2.24) is 24.8 Å². The molecule has 0 fully saturated rings. The number of aromatic amines is 1. The van der Waals surface area contributed by atoms with Crippen molar-refractivity contribution in [3.63, 3.8) is 0 Å². The molecule has 23 heavy (non-hydrogen) atoms. The maximum Gasteiger partial charge on any atom is 0.253 e. The van der Waals surface area contributed by atoms with E-state index in [9.17, 15) is 4.79 Å². The molecule has 120 valence electrons. The maximum absolute atomic E-state index is 12.1. The molecule has 0 aliphatic heterocycles. The first kappa shape index (κ1) is 15.2. The molecular weight excluding hydrogens is 292 g/mol. The number of aryl methyl sites for hydroxylation is 2. The van der Waals surface area contributed by atoms with E-state index in [4.69, 9.17) is 0 Å². The van der Waals surface area contributed by atoms with Gasteiger partial charge in [-0.1, -0.05) is 13.8 Å². The Hall–Kier alpha value is -2.70. The van der Waals surface area contributed by atoms with Gasteiger partial charge in [-0.25, -0.2) is 0 Å². The Labute approximate surface area is 133 Å².